The molecule has 0 unspecified atom stereocenters. The van der Waals surface area contributed by atoms with Crippen LogP contribution in [0, 0.1) is 0 Å². The molecular formula is C15H20N4O3. The summed E-state index contributed by atoms with van der Waals surface area (Å²) < 4.78 is 0. The Morgan fingerprint density at radius 2 is 1.86 bits per heavy atom. The first-order valence-corrected chi connectivity index (χ1v) is 7.17. The number of amides is 3. The second kappa shape index (κ2) is 7.04. The predicted molar refractivity (Wildman–Crippen MR) is 83.2 cm³/mol. The molecule has 0 radical (unpaired) electrons. The molecule has 1 aromatic carbocycles. The Morgan fingerprint density at radius 1 is 1.23 bits per heavy atom. The van der Waals surface area contributed by atoms with Gasteiger partial charge in [0.2, 0.25) is 17.7 Å². The van der Waals surface area contributed by atoms with Gasteiger partial charge in [-0.1, -0.05) is 12.1 Å². The van der Waals surface area contributed by atoms with Crippen molar-refractivity contribution >= 4 is 29.1 Å². The molecule has 4 N–H and O–H groups in total. The average Bonchev–Trinajstić information content (AvgIpc) is 2.88. The molecule has 118 valence electrons. The van der Waals surface area contributed by atoms with Gasteiger partial charge in [-0.3, -0.25) is 19.3 Å². The number of anilines is 2. The SMILES string of the molecule is CC(=O)Nc1ccccc1NC(=O)CN1CCC[C@H]1C(N)=O. The highest BCUT2D eigenvalue weighted by Crippen LogP contribution is 2.21. The van der Waals surface area contributed by atoms with E-state index in [0.717, 1.165) is 6.42 Å². The lowest BCUT2D eigenvalue weighted by atomic mass is 10.2. The third-order valence-electron chi connectivity index (χ3n) is 3.55. The van der Waals surface area contributed by atoms with Crippen LogP contribution in [0.2, 0.25) is 0 Å². The lowest BCUT2D eigenvalue weighted by Gasteiger charge is -2.21. The van der Waals surface area contributed by atoms with Crippen LogP contribution >= 0.6 is 0 Å². The highest BCUT2D eigenvalue weighted by Gasteiger charge is 2.30. The molecule has 7 heteroatoms. The number of primary amides is 1. The number of nitrogens with one attached hydrogen (secondary N) is 2. The zero-order chi connectivity index (χ0) is 16.1. The van der Waals surface area contributed by atoms with E-state index in [4.69, 9.17) is 5.73 Å². The molecule has 2 rings (SSSR count). The summed E-state index contributed by atoms with van der Waals surface area (Å²) in [5.41, 5.74) is 6.40. The summed E-state index contributed by atoms with van der Waals surface area (Å²) in [7, 11) is 0. The van der Waals surface area contributed by atoms with E-state index in [1.54, 1.807) is 29.2 Å². The summed E-state index contributed by atoms with van der Waals surface area (Å²) in [5.74, 6) is -0.857. The summed E-state index contributed by atoms with van der Waals surface area (Å²) in [5, 5.41) is 5.41. The van der Waals surface area contributed by atoms with E-state index in [9.17, 15) is 14.4 Å². The molecule has 1 aliphatic heterocycles. The zero-order valence-electron chi connectivity index (χ0n) is 12.5. The van der Waals surface area contributed by atoms with E-state index in [2.05, 4.69) is 10.6 Å². The molecule has 0 aromatic heterocycles. The van der Waals surface area contributed by atoms with Crippen molar-refractivity contribution in [1.82, 2.24) is 4.90 Å². The number of nitrogens with two attached hydrogens (primary N) is 1. The van der Waals surface area contributed by atoms with Gasteiger partial charge in [-0.15, -0.1) is 0 Å². The maximum Gasteiger partial charge on any atom is 0.238 e. The first kappa shape index (κ1) is 16.0. The Morgan fingerprint density at radius 3 is 2.45 bits per heavy atom. The summed E-state index contributed by atoms with van der Waals surface area (Å²) in [6.45, 7) is 2.18. The van der Waals surface area contributed by atoms with Gasteiger partial charge in [0.15, 0.2) is 0 Å². The van der Waals surface area contributed by atoms with E-state index in [1.807, 2.05) is 0 Å². The minimum atomic E-state index is -0.399. The fourth-order valence-corrected chi connectivity index (χ4v) is 2.60. The van der Waals surface area contributed by atoms with Crippen molar-refractivity contribution in [2.24, 2.45) is 5.73 Å². The third kappa shape index (κ3) is 4.05. The minimum Gasteiger partial charge on any atom is -0.368 e. The van der Waals surface area contributed by atoms with Crippen molar-refractivity contribution in [3.05, 3.63) is 24.3 Å². The minimum absolute atomic E-state index is 0.0992. The topological polar surface area (TPSA) is 105 Å². The van der Waals surface area contributed by atoms with Crippen LogP contribution in [-0.2, 0) is 14.4 Å². The van der Waals surface area contributed by atoms with Gasteiger partial charge in [-0.2, -0.15) is 0 Å². The van der Waals surface area contributed by atoms with Crippen LogP contribution in [0.25, 0.3) is 0 Å². The van der Waals surface area contributed by atoms with Gasteiger partial charge in [0.1, 0.15) is 0 Å². The molecule has 0 aliphatic carbocycles. The maximum atomic E-state index is 12.2. The molecule has 1 fully saturated rings. The monoisotopic (exact) mass is 304 g/mol. The molecule has 1 saturated heterocycles. The standard InChI is InChI=1S/C15H20N4O3/c1-10(20)17-11-5-2-3-6-12(11)18-14(21)9-19-8-4-7-13(19)15(16)22/h2-3,5-6,13H,4,7-9H2,1H3,(H2,16,22)(H,17,20)(H,18,21)/t13-/m0/s1. The smallest absolute Gasteiger partial charge is 0.238 e. The van der Waals surface area contributed by atoms with Gasteiger partial charge in [0.25, 0.3) is 0 Å². The molecule has 0 bridgehead atoms. The van der Waals surface area contributed by atoms with Crippen LogP contribution in [0.1, 0.15) is 19.8 Å². The van der Waals surface area contributed by atoms with Crippen molar-refractivity contribution in [3.63, 3.8) is 0 Å². The molecular weight excluding hydrogens is 284 g/mol. The molecule has 7 nitrogen and oxygen atoms in total. The van der Waals surface area contributed by atoms with Crippen molar-refractivity contribution < 1.29 is 14.4 Å². The van der Waals surface area contributed by atoms with Gasteiger partial charge in [0.05, 0.1) is 24.0 Å². The highest BCUT2D eigenvalue weighted by atomic mass is 16.2. The van der Waals surface area contributed by atoms with E-state index in [1.165, 1.54) is 6.92 Å². The Labute approximate surface area is 128 Å². The maximum absolute atomic E-state index is 12.2. The van der Waals surface area contributed by atoms with Crippen molar-refractivity contribution in [3.8, 4) is 0 Å². The molecule has 3 amide bonds. The number of para-hydroxylation sites is 2. The number of carbonyl (C=O) groups excluding carboxylic acids is 3. The molecule has 1 aliphatic rings. The van der Waals surface area contributed by atoms with Crippen LogP contribution in [0.5, 0.6) is 0 Å². The van der Waals surface area contributed by atoms with Gasteiger partial charge >= 0.3 is 0 Å². The summed E-state index contributed by atoms with van der Waals surface area (Å²) in [6, 6.07) is 6.57. The molecule has 1 heterocycles. The number of rotatable bonds is 5. The Bertz CT molecular complexity index is 588. The average molecular weight is 304 g/mol. The lowest BCUT2D eigenvalue weighted by Crippen LogP contribution is -2.43. The van der Waals surface area contributed by atoms with Crippen molar-refractivity contribution in [2.45, 2.75) is 25.8 Å². The van der Waals surface area contributed by atoms with Gasteiger partial charge in [-0.25, -0.2) is 0 Å². The first-order valence-electron chi connectivity index (χ1n) is 7.17. The summed E-state index contributed by atoms with van der Waals surface area (Å²) in [4.78, 5) is 36.4. The largest absolute Gasteiger partial charge is 0.368 e. The van der Waals surface area contributed by atoms with Crippen LogP contribution in [0.4, 0.5) is 11.4 Å². The quantitative estimate of drug-likeness (QED) is 0.738. The van der Waals surface area contributed by atoms with E-state index in [-0.39, 0.29) is 24.4 Å². The number of nitrogens with zero attached hydrogens (tertiary/aromatic N) is 1. The number of hydrogen-bond donors (Lipinski definition) is 3. The van der Waals surface area contributed by atoms with Crippen LogP contribution in [-0.4, -0.2) is 41.8 Å². The molecule has 1 aromatic rings. The fraction of sp³-hybridized carbons (Fsp3) is 0.400. The molecule has 0 spiro atoms. The van der Waals surface area contributed by atoms with Gasteiger partial charge in [-0.05, 0) is 31.5 Å². The van der Waals surface area contributed by atoms with Gasteiger partial charge in [0, 0.05) is 6.92 Å². The van der Waals surface area contributed by atoms with Crippen LogP contribution in [0.15, 0.2) is 24.3 Å². The van der Waals surface area contributed by atoms with E-state index < -0.39 is 5.91 Å². The van der Waals surface area contributed by atoms with Crippen molar-refractivity contribution in [2.75, 3.05) is 23.7 Å². The Hall–Kier alpha value is -2.41. The molecule has 0 saturated carbocycles. The normalized spacial score (nSPS) is 18.0. The molecule has 22 heavy (non-hydrogen) atoms. The number of likely N-dealkylation sites (tertiary alicyclic amines) is 1. The summed E-state index contributed by atoms with van der Waals surface area (Å²) >= 11 is 0. The fourth-order valence-electron chi connectivity index (χ4n) is 2.60. The second-order valence-electron chi connectivity index (χ2n) is 5.31. The summed E-state index contributed by atoms with van der Waals surface area (Å²) in [6.07, 6.45) is 1.54. The molecule has 1 atom stereocenters. The number of hydrogen-bond acceptors (Lipinski definition) is 4. The van der Waals surface area contributed by atoms with E-state index >= 15 is 0 Å². The predicted octanol–water partition coefficient (Wildman–Crippen LogP) is 0.533. The lowest BCUT2D eigenvalue weighted by molar-refractivity contribution is -0.124. The van der Waals surface area contributed by atoms with Crippen LogP contribution in [0.3, 0.4) is 0 Å². The van der Waals surface area contributed by atoms with Crippen LogP contribution < -0.4 is 16.4 Å². The second-order valence-corrected chi connectivity index (χ2v) is 5.31. The first-order chi connectivity index (χ1) is 10.5. The third-order valence-corrected chi connectivity index (χ3v) is 3.55. The van der Waals surface area contributed by atoms with E-state index in [0.29, 0.717) is 24.3 Å². The Kier molecular flexibility index (Phi) is 5.11. The zero-order valence-corrected chi connectivity index (χ0v) is 12.5. The Balaban J connectivity index is 2.00. The van der Waals surface area contributed by atoms with Gasteiger partial charge < -0.3 is 16.4 Å². The highest BCUT2D eigenvalue weighted by molar-refractivity contribution is 5.99. The number of benzene rings is 1. The van der Waals surface area contributed by atoms with Crippen molar-refractivity contribution in [1.29, 1.82) is 0 Å². The number of carbonyl (C=O) groups is 3.